The Morgan fingerprint density at radius 2 is 2.11 bits per heavy atom. The molecule has 3 N–H and O–H groups in total. The summed E-state index contributed by atoms with van der Waals surface area (Å²) < 4.78 is 0. The van der Waals surface area contributed by atoms with Gasteiger partial charge in [-0.1, -0.05) is 44.7 Å². The molecule has 1 heterocycles. The summed E-state index contributed by atoms with van der Waals surface area (Å²) in [6.07, 6.45) is 4.86. The van der Waals surface area contributed by atoms with E-state index in [0.29, 0.717) is 28.9 Å². The Morgan fingerprint density at radius 3 is 2.85 bits per heavy atom. The summed E-state index contributed by atoms with van der Waals surface area (Å²) >= 11 is 0. The number of rotatable bonds is 11. The second kappa shape index (κ2) is 10.4. The largest absolute Gasteiger partial charge is 0.286 e. The molecule has 0 aliphatic heterocycles. The van der Waals surface area contributed by atoms with Crippen molar-refractivity contribution in [3.63, 3.8) is 0 Å². The molecule has 2 amide bonds. The van der Waals surface area contributed by atoms with Gasteiger partial charge < -0.3 is 0 Å². The second-order valence-corrected chi connectivity index (χ2v) is 6.47. The molecule has 146 valence electrons. The van der Waals surface area contributed by atoms with Gasteiger partial charge in [-0.15, -0.1) is 10.2 Å². The molecule has 27 heavy (non-hydrogen) atoms. The molecule has 0 saturated heterocycles. The van der Waals surface area contributed by atoms with Crippen molar-refractivity contribution in [2.24, 2.45) is 5.92 Å². The number of amides is 2. The highest BCUT2D eigenvalue weighted by Crippen LogP contribution is 2.15. The van der Waals surface area contributed by atoms with E-state index in [4.69, 9.17) is 0 Å². The summed E-state index contributed by atoms with van der Waals surface area (Å²) in [6.45, 7) is 3.95. The van der Waals surface area contributed by atoms with Crippen molar-refractivity contribution >= 4 is 29.3 Å². The van der Waals surface area contributed by atoms with Crippen LogP contribution in [0.4, 0.5) is 5.95 Å². The summed E-state index contributed by atoms with van der Waals surface area (Å²) in [4.78, 5) is 27.5. The lowest BCUT2D eigenvalue weighted by Gasteiger charge is -2.19. The number of hydroxylamine groups is 2. The lowest BCUT2D eigenvalue weighted by Crippen LogP contribution is -2.40. The molecule has 9 nitrogen and oxygen atoms in total. The first-order valence-corrected chi connectivity index (χ1v) is 9.11. The third-order valence-electron chi connectivity index (χ3n) is 4.29. The summed E-state index contributed by atoms with van der Waals surface area (Å²) in [5, 5.41) is 17.9. The smallest absolute Gasteiger partial charge is 0.262 e. The predicted octanol–water partition coefficient (Wildman–Crippen LogP) is 2.21. The average molecular weight is 374 g/mol. The predicted molar refractivity (Wildman–Crippen MR) is 101 cm³/mol. The van der Waals surface area contributed by atoms with E-state index in [1.165, 1.54) is 0 Å². The van der Waals surface area contributed by atoms with E-state index >= 15 is 0 Å². The van der Waals surface area contributed by atoms with Gasteiger partial charge in [-0.2, -0.15) is 0 Å². The molecule has 0 spiro atoms. The maximum Gasteiger partial charge on any atom is 0.262 e. The molecule has 0 unspecified atom stereocenters. The number of hydrazine groups is 1. The molecule has 1 atom stereocenters. The Hall–Kier alpha value is -2.81. The number of carbonyl (C=O) groups excluding carboxylic acids is 2. The van der Waals surface area contributed by atoms with Gasteiger partial charge in [0, 0.05) is 0 Å². The van der Waals surface area contributed by atoms with Crippen LogP contribution in [0, 0.1) is 12.8 Å². The van der Waals surface area contributed by atoms with Crippen molar-refractivity contribution in [2.45, 2.75) is 46.0 Å². The number of hydrogen-bond donors (Lipinski definition) is 3. The highest BCUT2D eigenvalue weighted by atomic mass is 16.5. The molecule has 0 radical (unpaired) electrons. The monoisotopic (exact) mass is 374 g/mol. The molecular formula is C18H26N6O3. The normalized spacial score (nSPS) is 11.8. The molecule has 0 fully saturated rings. The van der Waals surface area contributed by atoms with E-state index in [1.54, 1.807) is 0 Å². The van der Waals surface area contributed by atoms with Gasteiger partial charge in [-0.05, 0) is 25.0 Å². The fraction of sp³-hybridized carbons (Fsp3) is 0.500. The van der Waals surface area contributed by atoms with Crippen molar-refractivity contribution in [3.8, 4) is 0 Å². The van der Waals surface area contributed by atoms with Crippen LogP contribution in [-0.2, 0) is 9.59 Å². The molecule has 0 saturated carbocycles. The lowest BCUT2D eigenvalue weighted by molar-refractivity contribution is -0.154. The quantitative estimate of drug-likeness (QED) is 0.239. The molecule has 2 aromatic rings. The Labute approximate surface area is 158 Å². The second-order valence-electron chi connectivity index (χ2n) is 6.47. The van der Waals surface area contributed by atoms with Gasteiger partial charge >= 0.3 is 0 Å². The van der Waals surface area contributed by atoms with Crippen LogP contribution in [0.5, 0.6) is 0 Å². The van der Waals surface area contributed by atoms with Gasteiger partial charge in [0.2, 0.25) is 12.3 Å². The topological polar surface area (TPSA) is 120 Å². The first kappa shape index (κ1) is 20.5. The minimum atomic E-state index is -0.542. The van der Waals surface area contributed by atoms with Gasteiger partial charge in [0.25, 0.3) is 5.95 Å². The minimum Gasteiger partial charge on any atom is -0.286 e. The third kappa shape index (κ3) is 6.14. The molecule has 0 aliphatic rings. The number of hydrogen-bond acceptors (Lipinski definition) is 7. The Kier molecular flexibility index (Phi) is 7.87. The number of nitrogens with zero attached hydrogens (tertiary/aromatic N) is 4. The number of anilines is 1. The number of aromatic nitrogens is 3. The molecule has 2 rings (SSSR count). The van der Waals surface area contributed by atoms with Crippen LogP contribution in [0.15, 0.2) is 18.2 Å². The van der Waals surface area contributed by atoms with Crippen molar-refractivity contribution < 1.29 is 14.8 Å². The van der Waals surface area contributed by atoms with Crippen LogP contribution >= 0.6 is 0 Å². The molecular weight excluding hydrogens is 348 g/mol. The minimum absolute atomic E-state index is 0.0704. The average Bonchev–Trinajstić information content (AvgIpc) is 2.68. The molecule has 1 aromatic heterocycles. The van der Waals surface area contributed by atoms with E-state index in [0.717, 1.165) is 31.2 Å². The number of fused-ring (bicyclic) bond motifs is 1. The first-order valence-electron chi connectivity index (χ1n) is 9.11. The zero-order valence-electron chi connectivity index (χ0n) is 15.7. The van der Waals surface area contributed by atoms with Crippen molar-refractivity contribution in [1.82, 2.24) is 25.7 Å². The van der Waals surface area contributed by atoms with Gasteiger partial charge in [-0.25, -0.2) is 10.0 Å². The Balaban J connectivity index is 1.98. The number of para-hydroxylation sites is 1. The summed E-state index contributed by atoms with van der Waals surface area (Å²) in [5.74, 6) is -0.716. The summed E-state index contributed by atoms with van der Waals surface area (Å²) in [6, 6.07) is 5.60. The maximum absolute atomic E-state index is 12.5. The number of nitrogens with one attached hydrogen (secondary N) is 2. The molecule has 0 bridgehead atoms. The summed E-state index contributed by atoms with van der Waals surface area (Å²) in [5.41, 5.74) is 7.53. The number of unbranched alkanes of at least 4 members (excludes halogenated alkanes) is 3. The first-order chi connectivity index (χ1) is 13.0. The van der Waals surface area contributed by atoms with Crippen LogP contribution in [0.3, 0.4) is 0 Å². The van der Waals surface area contributed by atoms with Crippen LogP contribution in [0.1, 0.15) is 44.6 Å². The van der Waals surface area contributed by atoms with Crippen molar-refractivity contribution in [3.05, 3.63) is 23.8 Å². The third-order valence-corrected chi connectivity index (χ3v) is 4.29. The van der Waals surface area contributed by atoms with E-state index in [-0.39, 0.29) is 18.4 Å². The molecule has 9 heteroatoms. The van der Waals surface area contributed by atoms with Gasteiger partial charge in [-0.3, -0.25) is 25.6 Å². The van der Waals surface area contributed by atoms with E-state index in [9.17, 15) is 14.8 Å². The highest BCUT2D eigenvalue weighted by Gasteiger charge is 2.21. The van der Waals surface area contributed by atoms with E-state index in [2.05, 4.69) is 33.0 Å². The van der Waals surface area contributed by atoms with Crippen LogP contribution in [0.2, 0.25) is 0 Å². The fourth-order valence-corrected chi connectivity index (χ4v) is 2.76. The van der Waals surface area contributed by atoms with E-state index < -0.39 is 5.92 Å². The maximum atomic E-state index is 12.5. The number of aryl methyl sites for hydroxylation is 1. The Bertz CT molecular complexity index is 770. The summed E-state index contributed by atoms with van der Waals surface area (Å²) in [7, 11) is 0. The zero-order valence-corrected chi connectivity index (χ0v) is 15.7. The fourth-order valence-electron chi connectivity index (χ4n) is 2.76. The SMILES string of the molecule is CCCCCC[C@H](CN(O)C=O)C(=O)NNc1nnc2cccc(C)c2n1. The van der Waals surface area contributed by atoms with Crippen molar-refractivity contribution in [2.75, 3.05) is 12.0 Å². The van der Waals surface area contributed by atoms with Crippen LogP contribution < -0.4 is 10.9 Å². The van der Waals surface area contributed by atoms with Crippen LogP contribution in [0.25, 0.3) is 11.0 Å². The van der Waals surface area contributed by atoms with Crippen molar-refractivity contribution in [1.29, 1.82) is 0 Å². The zero-order chi connectivity index (χ0) is 19.6. The Morgan fingerprint density at radius 1 is 1.30 bits per heavy atom. The van der Waals surface area contributed by atoms with Crippen LogP contribution in [-0.4, -0.2) is 44.3 Å². The highest BCUT2D eigenvalue weighted by molar-refractivity contribution is 5.81. The lowest BCUT2D eigenvalue weighted by atomic mass is 10.00. The van der Waals surface area contributed by atoms with Gasteiger partial charge in [0.15, 0.2) is 0 Å². The number of benzene rings is 1. The van der Waals surface area contributed by atoms with E-state index in [1.807, 2.05) is 25.1 Å². The molecule has 1 aromatic carbocycles. The van der Waals surface area contributed by atoms with Gasteiger partial charge in [0.05, 0.1) is 18.0 Å². The molecule has 0 aliphatic carbocycles. The van der Waals surface area contributed by atoms with Gasteiger partial charge in [0.1, 0.15) is 5.52 Å². The standard InChI is InChI=1S/C18H26N6O3/c1-3-4-5-6-9-14(11-24(27)12-25)17(26)21-23-18-19-16-13(2)8-7-10-15(16)20-22-18/h7-8,10,12,14,27H,3-6,9,11H2,1-2H3,(H,21,26)(H,19,22,23)/t14-/m1/s1. The number of carbonyl (C=O) groups is 2.